The number of carbonyl (C=O) groups is 2. The first-order valence-corrected chi connectivity index (χ1v) is 10.6. The average Bonchev–Trinajstić information content (AvgIpc) is 3.24. The van der Waals surface area contributed by atoms with Crippen molar-refractivity contribution in [3.8, 4) is 11.5 Å². The monoisotopic (exact) mass is 430 g/mol. The molecule has 1 aliphatic rings. The van der Waals surface area contributed by atoms with Gasteiger partial charge in [-0.25, -0.2) is 0 Å². The van der Waals surface area contributed by atoms with Crippen LogP contribution >= 0.6 is 0 Å². The van der Waals surface area contributed by atoms with Gasteiger partial charge in [-0.05, 0) is 53.4 Å². The molecule has 164 valence electrons. The van der Waals surface area contributed by atoms with Crippen LogP contribution in [0.1, 0.15) is 16.7 Å². The van der Waals surface area contributed by atoms with Gasteiger partial charge in [0.1, 0.15) is 0 Å². The molecule has 0 radical (unpaired) electrons. The molecule has 0 unspecified atom stereocenters. The van der Waals surface area contributed by atoms with E-state index >= 15 is 0 Å². The number of fused-ring (bicyclic) bond motifs is 1. The molecule has 0 aromatic heterocycles. The zero-order valence-corrected chi connectivity index (χ0v) is 18.3. The zero-order valence-electron chi connectivity index (χ0n) is 18.3. The summed E-state index contributed by atoms with van der Waals surface area (Å²) in [5.41, 5.74) is 4.66. The predicted molar refractivity (Wildman–Crippen MR) is 125 cm³/mol. The number of anilines is 2. The number of hydrogen-bond acceptors (Lipinski definition) is 4. The lowest BCUT2D eigenvalue weighted by Crippen LogP contribution is -2.30. The molecule has 2 amide bonds. The van der Waals surface area contributed by atoms with Crippen LogP contribution < -0.4 is 19.7 Å². The van der Waals surface area contributed by atoms with Crippen molar-refractivity contribution in [1.82, 2.24) is 0 Å². The molecular formula is C26H26N2O4. The SMILES string of the molecule is COc1ccc(CC(=O)Nc2ccc(CC(=O)N3CCc4ccccc43)cc2)cc1OC. The van der Waals surface area contributed by atoms with E-state index in [1.54, 1.807) is 26.4 Å². The molecule has 0 spiro atoms. The predicted octanol–water partition coefficient (Wildman–Crippen LogP) is 4.02. The average molecular weight is 431 g/mol. The van der Waals surface area contributed by atoms with Crippen LogP contribution in [0.15, 0.2) is 66.7 Å². The van der Waals surface area contributed by atoms with Gasteiger partial charge in [-0.3, -0.25) is 9.59 Å². The zero-order chi connectivity index (χ0) is 22.5. The van der Waals surface area contributed by atoms with Crippen molar-refractivity contribution >= 4 is 23.2 Å². The number of methoxy groups -OCH3 is 2. The molecule has 0 fully saturated rings. The molecule has 6 heteroatoms. The van der Waals surface area contributed by atoms with Gasteiger partial charge in [0.2, 0.25) is 11.8 Å². The largest absolute Gasteiger partial charge is 0.493 e. The fraction of sp³-hybridized carbons (Fsp3) is 0.231. The number of ether oxygens (including phenoxy) is 2. The summed E-state index contributed by atoms with van der Waals surface area (Å²) >= 11 is 0. The van der Waals surface area contributed by atoms with E-state index in [2.05, 4.69) is 11.4 Å². The standard InChI is InChI=1S/C26H26N2O4/c1-31-23-12-9-19(15-24(23)32-2)16-25(29)27-21-10-7-18(8-11-21)17-26(30)28-14-13-20-5-3-4-6-22(20)28/h3-12,15H,13-14,16-17H2,1-2H3,(H,27,29). The molecule has 0 atom stereocenters. The third-order valence-electron chi connectivity index (χ3n) is 5.59. The summed E-state index contributed by atoms with van der Waals surface area (Å²) in [6.45, 7) is 0.725. The van der Waals surface area contributed by atoms with Gasteiger partial charge in [-0.2, -0.15) is 0 Å². The maximum Gasteiger partial charge on any atom is 0.231 e. The number of para-hydroxylation sites is 1. The molecule has 4 rings (SSSR count). The van der Waals surface area contributed by atoms with Gasteiger partial charge in [-0.1, -0.05) is 36.4 Å². The van der Waals surface area contributed by atoms with Gasteiger partial charge in [0.05, 0.1) is 27.1 Å². The molecule has 3 aromatic carbocycles. The Kier molecular flexibility index (Phi) is 6.40. The van der Waals surface area contributed by atoms with Crippen molar-refractivity contribution in [3.05, 3.63) is 83.4 Å². The molecule has 3 aromatic rings. The van der Waals surface area contributed by atoms with Gasteiger partial charge >= 0.3 is 0 Å². The fourth-order valence-corrected chi connectivity index (χ4v) is 3.95. The second-order valence-electron chi connectivity index (χ2n) is 7.71. The van der Waals surface area contributed by atoms with Gasteiger partial charge in [0.15, 0.2) is 11.5 Å². The lowest BCUT2D eigenvalue weighted by Gasteiger charge is -2.17. The maximum atomic E-state index is 12.8. The first-order chi connectivity index (χ1) is 15.6. The first-order valence-electron chi connectivity index (χ1n) is 10.6. The quantitative estimate of drug-likeness (QED) is 0.615. The van der Waals surface area contributed by atoms with E-state index in [4.69, 9.17) is 9.47 Å². The highest BCUT2D eigenvalue weighted by Gasteiger charge is 2.23. The van der Waals surface area contributed by atoms with Crippen LogP contribution in [0.5, 0.6) is 11.5 Å². The van der Waals surface area contributed by atoms with Gasteiger partial charge in [0, 0.05) is 17.9 Å². The molecule has 0 saturated heterocycles. The minimum Gasteiger partial charge on any atom is -0.493 e. The van der Waals surface area contributed by atoms with E-state index in [9.17, 15) is 9.59 Å². The normalized spacial score (nSPS) is 12.2. The van der Waals surface area contributed by atoms with Crippen molar-refractivity contribution in [2.45, 2.75) is 19.3 Å². The number of rotatable bonds is 7. The van der Waals surface area contributed by atoms with Crippen LogP contribution in [0.4, 0.5) is 11.4 Å². The lowest BCUT2D eigenvalue weighted by atomic mass is 10.1. The molecule has 6 nitrogen and oxygen atoms in total. The molecule has 0 bridgehead atoms. The molecule has 0 saturated carbocycles. The highest BCUT2D eigenvalue weighted by Crippen LogP contribution is 2.29. The van der Waals surface area contributed by atoms with Crippen molar-refractivity contribution in [2.24, 2.45) is 0 Å². The van der Waals surface area contributed by atoms with Crippen LogP contribution in [0.25, 0.3) is 0 Å². The highest BCUT2D eigenvalue weighted by atomic mass is 16.5. The van der Waals surface area contributed by atoms with E-state index < -0.39 is 0 Å². The molecule has 1 N–H and O–H groups in total. The van der Waals surface area contributed by atoms with Crippen molar-refractivity contribution in [3.63, 3.8) is 0 Å². The first kappa shape index (κ1) is 21.4. The number of nitrogens with one attached hydrogen (secondary N) is 1. The van der Waals surface area contributed by atoms with E-state index in [1.807, 2.05) is 53.4 Å². The topological polar surface area (TPSA) is 67.9 Å². The van der Waals surface area contributed by atoms with Crippen LogP contribution in [-0.2, 0) is 28.9 Å². The second-order valence-corrected chi connectivity index (χ2v) is 7.71. The summed E-state index contributed by atoms with van der Waals surface area (Å²) < 4.78 is 10.5. The van der Waals surface area contributed by atoms with E-state index in [-0.39, 0.29) is 18.2 Å². The third kappa shape index (κ3) is 4.75. The molecule has 1 aliphatic heterocycles. The number of benzene rings is 3. The van der Waals surface area contributed by atoms with Crippen molar-refractivity contribution < 1.29 is 19.1 Å². The Morgan fingerprint density at radius 1 is 0.875 bits per heavy atom. The Balaban J connectivity index is 1.34. The summed E-state index contributed by atoms with van der Waals surface area (Å²) in [5, 5.41) is 2.90. The van der Waals surface area contributed by atoms with E-state index in [0.717, 1.165) is 29.8 Å². The van der Waals surface area contributed by atoms with Crippen LogP contribution in [0, 0.1) is 0 Å². The van der Waals surface area contributed by atoms with Crippen LogP contribution in [0.3, 0.4) is 0 Å². The Labute approximate surface area is 187 Å². The molecule has 1 heterocycles. The molecule has 32 heavy (non-hydrogen) atoms. The smallest absolute Gasteiger partial charge is 0.231 e. The summed E-state index contributed by atoms with van der Waals surface area (Å²) in [7, 11) is 3.14. The summed E-state index contributed by atoms with van der Waals surface area (Å²) in [5.74, 6) is 1.17. The highest BCUT2D eigenvalue weighted by molar-refractivity contribution is 5.97. The number of nitrogens with zero attached hydrogens (tertiary/aromatic N) is 1. The number of hydrogen-bond donors (Lipinski definition) is 1. The van der Waals surface area contributed by atoms with E-state index in [0.29, 0.717) is 23.6 Å². The van der Waals surface area contributed by atoms with E-state index in [1.165, 1.54) is 5.56 Å². The fourth-order valence-electron chi connectivity index (χ4n) is 3.95. The second kappa shape index (κ2) is 9.56. The number of carbonyl (C=O) groups excluding carboxylic acids is 2. The minimum atomic E-state index is -0.130. The van der Waals surface area contributed by atoms with Crippen molar-refractivity contribution in [2.75, 3.05) is 31.0 Å². The Hall–Kier alpha value is -3.80. The van der Waals surface area contributed by atoms with Gasteiger partial charge in [0.25, 0.3) is 0 Å². The summed E-state index contributed by atoms with van der Waals surface area (Å²) in [6, 6.07) is 20.9. The third-order valence-corrected chi connectivity index (χ3v) is 5.59. The van der Waals surface area contributed by atoms with Gasteiger partial charge in [-0.15, -0.1) is 0 Å². The lowest BCUT2D eigenvalue weighted by molar-refractivity contribution is -0.118. The minimum absolute atomic E-state index is 0.0835. The molecule has 0 aliphatic carbocycles. The number of amides is 2. The van der Waals surface area contributed by atoms with Crippen molar-refractivity contribution in [1.29, 1.82) is 0 Å². The van der Waals surface area contributed by atoms with Gasteiger partial charge < -0.3 is 19.7 Å². The summed E-state index contributed by atoms with van der Waals surface area (Å²) in [4.78, 5) is 27.1. The summed E-state index contributed by atoms with van der Waals surface area (Å²) in [6.07, 6.45) is 1.44. The molecular weight excluding hydrogens is 404 g/mol. The Bertz CT molecular complexity index is 1120. The van der Waals surface area contributed by atoms with Crippen LogP contribution in [-0.4, -0.2) is 32.6 Å². The maximum absolute atomic E-state index is 12.8. The Morgan fingerprint density at radius 3 is 2.34 bits per heavy atom. The Morgan fingerprint density at radius 2 is 1.59 bits per heavy atom. The van der Waals surface area contributed by atoms with Crippen LogP contribution in [0.2, 0.25) is 0 Å².